The molecule has 214 valence electrons. The van der Waals surface area contributed by atoms with Crippen molar-refractivity contribution in [3.63, 3.8) is 0 Å². The van der Waals surface area contributed by atoms with Gasteiger partial charge in [-0.2, -0.15) is 0 Å². The van der Waals surface area contributed by atoms with Crippen LogP contribution in [0.3, 0.4) is 0 Å². The minimum Gasteiger partial charge on any atom is -0.494 e. The molecule has 5 rings (SSSR count). The van der Waals surface area contributed by atoms with Gasteiger partial charge in [-0.1, -0.05) is 18.7 Å². The first-order valence-corrected chi connectivity index (χ1v) is 13.3. The number of nitrogens with zero attached hydrogens (tertiary/aromatic N) is 5. The Morgan fingerprint density at radius 3 is 2.66 bits per heavy atom. The summed E-state index contributed by atoms with van der Waals surface area (Å²) < 4.78 is 5.73. The van der Waals surface area contributed by atoms with E-state index in [-0.39, 0.29) is 17.5 Å². The van der Waals surface area contributed by atoms with E-state index in [4.69, 9.17) is 9.57 Å². The van der Waals surface area contributed by atoms with Crippen molar-refractivity contribution in [1.29, 1.82) is 0 Å². The predicted octanol–water partition coefficient (Wildman–Crippen LogP) is 3.69. The highest BCUT2D eigenvalue weighted by molar-refractivity contribution is 6.02. The summed E-state index contributed by atoms with van der Waals surface area (Å²) in [7, 11) is 3.68. The van der Waals surface area contributed by atoms with Crippen LogP contribution in [0.2, 0.25) is 0 Å². The number of carbonyl (C=O) groups is 2. The Labute approximate surface area is 238 Å². The first-order valence-electron chi connectivity index (χ1n) is 13.3. The lowest BCUT2D eigenvalue weighted by molar-refractivity contribution is -0.111. The number of ether oxygens (including phenoxy) is 1. The number of carboxylic acid groups (broad SMARTS) is 1. The van der Waals surface area contributed by atoms with Crippen molar-refractivity contribution in [2.75, 3.05) is 67.5 Å². The highest BCUT2D eigenvalue weighted by atomic mass is 16.7. The van der Waals surface area contributed by atoms with Crippen LogP contribution in [0.1, 0.15) is 28.4 Å². The summed E-state index contributed by atoms with van der Waals surface area (Å²) in [6, 6.07) is 12.1. The molecule has 0 unspecified atom stereocenters. The van der Waals surface area contributed by atoms with Crippen LogP contribution in [0.5, 0.6) is 5.75 Å². The summed E-state index contributed by atoms with van der Waals surface area (Å²) in [4.78, 5) is 43.0. The normalized spacial score (nSPS) is 17.3. The number of amides is 1. The molecule has 3 heterocycles. The number of hydrogen-bond acceptors (Lipinski definition) is 10. The number of hydroxylamine groups is 1. The van der Waals surface area contributed by atoms with Crippen molar-refractivity contribution in [3.8, 4) is 5.75 Å². The molecular weight excluding hydrogens is 526 g/mol. The molecule has 2 aliphatic rings. The number of piperazine rings is 1. The second-order valence-electron chi connectivity index (χ2n) is 9.83. The zero-order chi connectivity index (χ0) is 28.9. The molecule has 41 heavy (non-hydrogen) atoms. The number of methoxy groups -OCH3 is 1. The zero-order valence-electron chi connectivity index (χ0n) is 23.0. The average molecular weight is 560 g/mol. The van der Waals surface area contributed by atoms with E-state index < -0.39 is 5.97 Å². The summed E-state index contributed by atoms with van der Waals surface area (Å²) in [5.41, 5.74) is 3.11. The SMILES string of the molecule is C=CC(=O)Nc1cc(Nc2cc(N3OCC[C@@H]3c3cccc(C(=O)O)c3)ncn2)c(OC)cc1N1CCN(C)CC1. The number of likely N-dealkylation sites (N-methyl/N-ethyl adjacent to an activating group) is 1. The summed E-state index contributed by atoms with van der Waals surface area (Å²) >= 11 is 0. The van der Waals surface area contributed by atoms with Crippen LogP contribution in [0.4, 0.5) is 28.7 Å². The van der Waals surface area contributed by atoms with Gasteiger partial charge < -0.3 is 30.3 Å². The molecule has 0 bridgehead atoms. The van der Waals surface area contributed by atoms with Gasteiger partial charge in [0, 0.05) is 44.7 Å². The van der Waals surface area contributed by atoms with Crippen molar-refractivity contribution in [1.82, 2.24) is 14.9 Å². The number of rotatable bonds is 9. The fraction of sp³-hybridized carbons (Fsp3) is 0.310. The molecule has 3 N–H and O–H groups in total. The molecule has 1 atom stereocenters. The van der Waals surface area contributed by atoms with Crippen molar-refractivity contribution < 1.29 is 24.3 Å². The topological polar surface area (TPSA) is 132 Å². The third-order valence-electron chi connectivity index (χ3n) is 7.17. The van der Waals surface area contributed by atoms with Gasteiger partial charge in [-0.25, -0.2) is 19.8 Å². The maximum atomic E-state index is 12.3. The van der Waals surface area contributed by atoms with Gasteiger partial charge >= 0.3 is 5.97 Å². The number of anilines is 5. The third-order valence-corrected chi connectivity index (χ3v) is 7.17. The Hall–Kier alpha value is -4.68. The summed E-state index contributed by atoms with van der Waals surface area (Å²) in [6.07, 6.45) is 3.33. The minimum absolute atomic E-state index is 0.213. The molecule has 2 fully saturated rings. The van der Waals surface area contributed by atoms with Crippen molar-refractivity contribution in [2.45, 2.75) is 12.5 Å². The van der Waals surface area contributed by atoms with E-state index in [0.717, 1.165) is 37.4 Å². The Morgan fingerprint density at radius 1 is 1.12 bits per heavy atom. The molecule has 0 radical (unpaired) electrons. The smallest absolute Gasteiger partial charge is 0.335 e. The van der Waals surface area contributed by atoms with Crippen LogP contribution in [0.15, 0.2) is 61.4 Å². The first kappa shape index (κ1) is 27.9. The quantitative estimate of drug-likeness (QED) is 0.332. The molecule has 1 amide bonds. The Kier molecular flexibility index (Phi) is 8.31. The number of benzene rings is 2. The Bertz CT molecular complexity index is 1440. The number of hydrogen-bond donors (Lipinski definition) is 3. The zero-order valence-corrected chi connectivity index (χ0v) is 23.0. The minimum atomic E-state index is -0.984. The van der Waals surface area contributed by atoms with Gasteiger partial charge in [-0.15, -0.1) is 0 Å². The molecule has 2 aromatic carbocycles. The Balaban J connectivity index is 1.43. The van der Waals surface area contributed by atoms with E-state index in [2.05, 4.69) is 44.0 Å². The van der Waals surface area contributed by atoms with Crippen molar-refractivity contribution in [3.05, 3.63) is 72.6 Å². The maximum absolute atomic E-state index is 12.3. The lowest BCUT2D eigenvalue weighted by atomic mass is 10.0. The fourth-order valence-corrected chi connectivity index (χ4v) is 4.98. The van der Waals surface area contributed by atoms with Gasteiger partial charge in [-0.3, -0.25) is 9.63 Å². The number of carbonyl (C=O) groups excluding carboxylic acids is 1. The van der Waals surface area contributed by atoms with E-state index in [1.807, 2.05) is 18.2 Å². The van der Waals surface area contributed by atoms with Gasteiger partial charge in [0.05, 0.1) is 42.4 Å². The lowest BCUT2D eigenvalue weighted by Gasteiger charge is -2.35. The van der Waals surface area contributed by atoms with Crippen LogP contribution in [-0.2, 0) is 9.63 Å². The van der Waals surface area contributed by atoms with Gasteiger partial charge in [0.1, 0.15) is 17.9 Å². The van der Waals surface area contributed by atoms with Crippen LogP contribution in [0, 0.1) is 0 Å². The molecular formula is C29H33N7O5. The van der Waals surface area contributed by atoms with Crippen molar-refractivity contribution >= 4 is 40.6 Å². The highest BCUT2D eigenvalue weighted by Crippen LogP contribution is 2.40. The molecule has 0 saturated carbocycles. The number of aromatic nitrogens is 2. The molecule has 12 heteroatoms. The molecule has 3 aromatic rings. The number of nitrogens with one attached hydrogen (secondary N) is 2. The van der Waals surface area contributed by atoms with Gasteiger partial charge in [-0.05, 0) is 36.9 Å². The van der Waals surface area contributed by atoms with Gasteiger partial charge in [0.25, 0.3) is 0 Å². The van der Waals surface area contributed by atoms with E-state index in [1.165, 1.54) is 12.4 Å². The molecule has 2 aliphatic heterocycles. The largest absolute Gasteiger partial charge is 0.494 e. The van der Waals surface area contributed by atoms with Gasteiger partial charge in [0.2, 0.25) is 5.91 Å². The molecule has 0 spiro atoms. The molecule has 12 nitrogen and oxygen atoms in total. The monoisotopic (exact) mass is 559 g/mol. The van der Waals surface area contributed by atoms with E-state index >= 15 is 0 Å². The Morgan fingerprint density at radius 2 is 1.93 bits per heavy atom. The highest BCUT2D eigenvalue weighted by Gasteiger charge is 2.30. The van der Waals surface area contributed by atoms with Crippen LogP contribution < -0.4 is 25.3 Å². The second-order valence-corrected chi connectivity index (χ2v) is 9.83. The van der Waals surface area contributed by atoms with E-state index in [9.17, 15) is 14.7 Å². The number of carboxylic acids is 1. The average Bonchev–Trinajstić information content (AvgIpc) is 3.48. The predicted molar refractivity (Wildman–Crippen MR) is 156 cm³/mol. The fourth-order valence-electron chi connectivity index (χ4n) is 4.98. The third kappa shape index (κ3) is 6.23. The van der Waals surface area contributed by atoms with Crippen LogP contribution in [-0.4, -0.2) is 78.8 Å². The molecule has 1 aromatic heterocycles. The van der Waals surface area contributed by atoms with E-state index in [0.29, 0.717) is 41.8 Å². The molecule has 2 saturated heterocycles. The van der Waals surface area contributed by atoms with Crippen LogP contribution >= 0.6 is 0 Å². The number of aromatic carboxylic acids is 1. The maximum Gasteiger partial charge on any atom is 0.335 e. The van der Waals surface area contributed by atoms with Crippen LogP contribution in [0.25, 0.3) is 0 Å². The van der Waals surface area contributed by atoms with E-state index in [1.54, 1.807) is 36.4 Å². The second kappa shape index (κ2) is 12.2. The lowest BCUT2D eigenvalue weighted by Crippen LogP contribution is -2.44. The summed E-state index contributed by atoms with van der Waals surface area (Å²) in [5, 5.41) is 17.3. The van der Waals surface area contributed by atoms with Gasteiger partial charge in [0.15, 0.2) is 5.82 Å². The molecule has 0 aliphatic carbocycles. The summed E-state index contributed by atoms with van der Waals surface area (Å²) in [5.74, 6) is 0.276. The summed E-state index contributed by atoms with van der Waals surface area (Å²) in [6.45, 7) is 7.48. The first-order chi connectivity index (χ1) is 19.9. The van der Waals surface area contributed by atoms with Crippen molar-refractivity contribution in [2.24, 2.45) is 0 Å². The standard InChI is InChI=1S/C29H33N7O5/c1-4-28(37)33-21-15-22(25(40-3)16-24(21)35-11-9-34(2)10-12-35)32-26-17-27(31-18-30-26)36-23(8-13-41-36)19-6-5-7-20(14-19)29(38)39/h4-7,14-18,23H,1,8-13H2,2-3H3,(H,33,37)(H,38,39)(H,30,31,32)/t23-/m1/s1.